The molecular formula is C44H28N2O2. The van der Waals surface area contributed by atoms with Crippen LogP contribution < -0.4 is 15.6 Å². The van der Waals surface area contributed by atoms with Gasteiger partial charge in [0.2, 0.25) is 5.43 Å². The molecule has 0 unspecified atom stereocenters. The molecule has 0 fully saturated rings. The van der Waals surface area contributed by atoms with Crippen LogP contribution in [0, 0.1) is 0 Å². The van der Waals surface area contributed by atoms with Gasteiger partial charge in [0.05, 0.1) is 27.6 Å². The predicted molar refractivity (Wildman–Crippen MR) is 195 cm³/mol. The number of nitrogens with zero attached hydrogens (tertiary/aromatic N) is 1. The Morgan fingerprint density at radius 3 is 1.67 bits per heavy atom. The third-order valence-electron chi connectivity index (χ3n) is 10.1. The van der Waals surface area contributed by atoms with E-state index in [-0.39, 0.29) is 5.43 Å². The lowest BCUT2D eigenvalue weighted by atomic mass is 9.60. The zero-order valence-electron chi connectivity index (χ0n) is 25.9. The van der Waals surface area contributed by atoms with E-state index in [2.05, 4.69) is 132 Å². The first-order valence-electron chi connectivity index (χ1n) is 16.2. The Morgan fingerprint density at radius 2 is 1.00 bits per heavy atom. The molecule has 2 aliphatic heterocycles. The summed E-state index contributed by atoms with van der Waals surface area (Å²) in [5.41, 5.74) is 13.3. The Kier molecular flexibility index (Phi) is 5.61. The van der Waals surface area contributed by atoms with Gasteiger partial charge < -0.3 is 14.6 Å². The fraction of sp³-hybridized carbons (Fsp3) is 0.0227. The van der Waals surface area contributed by atoms with Crippen LogP contribution in [0.4, 0.5) is 28.4 Å². The predicted octanol–water partition coefficient (Wildman–Crippen LogP) is 10.8. The Bertz CT molecular complexity index is 2540. The van der Waals surface area contributed by atoms with Gasteiger partial charge in [-0.2, -0.15) is 0 Å². The molecule has 1 N–H and O–H groups in total. The molecule has 10 rings (SSSR count). The first-order chi connectivity index (χ1) is 23.7. The second-order valence-electron chi connectivity index (χ2n) is 12.5. The lowest BCUT2D eigenvalue weighted by molar-refractivity contribution is 0.660. The SMILES string of the molecule is O=c1c2ccccc2oc2cc(-c3ccc(N4c5ccccc5C5(c6ccccc6Nc6ccccc65)c5ccccc54)cc3)ccc12. The molecule has 7 aromatic carbocycles. The first kappa shape index (κ1) is 26.8. The van der Waals surface area contributed by atoms with E-state index < -0.39 is 5.41 Å². The van der Waals surface area contributed by atoms with E-state index >= 15 is 0 Å². The van der Waals surface area contributed by atoms with Crippen LogP contribution in [0.2, 0.25) is 0 Å². The zero-order chi connectivity index (χ0) is 31.8. The largest absolute Gasteiger partial charge is 0.456 e. The van der Waals surface area contributed by atoms with Crippen LogP contribution in [-0.2, 0) is 5.41 Å². The molecule has 226 valence electrons. The molecule has 48 heavy (non-hydrogen) atoms. The van der Waals surface area contributed by atoms with Gasteiger partial charge in [0, 0.05) is 17.1 Å². The molecule has 4 heteroatoms. The number of nitrogens with one attached hydrogen (secondary N) is 1. The Balaban J connectivity index is 1.14. The molecule has 1 spiro atoms. The number of hydrogen-bond donors (Lipinski definition) is 1. The number of hydrogen-bond acceptors (Lipinski definition) is 4. The molecule has 0 aliphatic carbocycles. The molecular weight excluding hydrogens is 588 g/mol. The van der Waals surface area contributed by atoms with Crippen molar-refractivity contribution in [1.29, 1.82) is 0 Å². The number of rotatable bonds is 2. The second kappa shape index (κ2) is 10.1. The first-order valence-corrected chi connectivity index (χ1v) is 16.2. The van der Waals surface area contributed by atoms with E-state index in [1.165, 1.54) is 22.3 Å². The topological polar surface area (TPSA) is 45.5 Å². The highest BCUT2D eigenvalue weighted by Crippen LogP contribution is 2.61. The third kappa shape index (κ3) is 3.63. The average molecular weight is 617 g/mol. The lowest BCUT2D eigenvalue weighted by Crippen LogP contribution is -2.40. The smallest absolute Gasteiger partial charge is 0.200 e. The minimum Gasteiger partial charge on any atom is -0.456 e. The summed E-state index contributed by atoms with van der Waals surface area (Å²) in [6, 6.07) is 57.0. The molecule has 0 radical (unpaired) electrons. The van der Waals surface area contributed by atoms with Crippen LogP contribution in [0.3, 0.4) is 0 Å². The summed E-state index contributed by atoms with van der Waals surface area (Å²) in [5, 5.41) is 4.91. The van der Waals surface area contributed by atoms with E-state index in [0.717, 1.165) is 39.6 Å². The lowest BCUT2D eigenvalue weighted by Gasteiger charge is -2.49. The van der Waals surface area contributed by atoms with Crippen molar-refractivity contribution in [3.8, 4) is 11.1 Å². The Labute approximate surface area is 277 Å². The normalized spacial score (nSPS) is 13.8. The Morgan fingerprint density at radius 1 is 0.479 bits per heavy atom. The van der Waals surface area contributed by atoms with Crippen LogP contribution in [-0.4, -0.2) is 0 Å². The van der Waals surface area contributed by atoms with Crippen molar-refractivity contribution in [3.05, 3.63) is 196 Å². The van der Waals surface area contributed by atoms with E-state index in [0.29, 0.717) is 21.9 Å². The molecule has 4 nitrogen and oxygen atoms in total. The summed E-state index contributed by atoms with van der Waals surface area (Å²) in [5.74, 6) is 0. The van der Waals surface area contributed by atoms with Crippen molar-refractivity contribution in [1.82, 2.24) is 0 Å². The number of fused-ring (bicyclic) bond motifs is 10. The number of para-hydroxylation sites is 5. The van der Waals surface area contributed by atoms with Crippen molar-refractivity contribution in [3.63, 3.8) is 0 Å². The Hall–Kier alpha value is -6.39. The van der Waals surface area contributed by atoms with Crippen molar-refractivity contribution < 1.29 is 4.42 Å². The number of anilines is 5. The van der Waals surface area contributed by atoms with E-state index in [1.807, 2.05) is 42.5 Å². The molecule has 0 saturated heterocycles. The standard InChI is InChI=1S/C44H28N2O2/c47-43-31-11-1-10-20-41(31)48-42-27-29(23-26-32(42)43)28-21-24-30(25-22-28)46-39-18-8-4-14-35(39)44(36-15-5-9-19-40(36)46)33-12-2-6-16-37(33)45-38-17-7-3-13-34(38)44/h1-27,45H. The van der Waals surface area contributed by atoms with E-state index in [9.17, 15) is 4.79 Å². The minimum absolute atomic E-state index is 0.00653. The highest BCUT2D eigenvalue weighted by molar-refractivity contribution is 5.95. The highest BCUT2D eigenvalue weighted by Gasteiger charge is 2.50. The molecule has 0 bridgehead atoms. The van der Waals surface area contributed by atoms with Crippen LogP contribution in [0.25, 0.3) is 33.1 Å². The van der Waals surface area contributed by atoms with Gasteiger partial charge in [-0.25, -0.2) is 0 Å². The van der Waals surface area contributed by atoms with Gasteiger partial charge in [-0.05, 0) is 94.0 Å². The van der Waals surface area contributed by atoms with E-state index in [1.54, 1.807) is 0 Å². The molecule has 0 amide bonds. The molecule has 3 heterocycles. The average Bonchev–Trinajstić information content (AvgIpc) is 3.15. The van der Waals surface area contributed by atoms with Gasteiger partial charge in [-0.3, -0.25) is 4.79 Å². The monoisotopic (exact) mass is 616 g/mol. The second-order valence-corrected chi connectivity index (χ2v) is 12.5. The summed E-state index contributed by atoms with van der Waals surface area (Å²) < 4.78 is 6.18. The fourth-order valence-electron chi connectivity index (χ4n) is 8.02. The van der Waals surface area contributed by atoms with Gasteiger partial charge in [0.1, 0.15) is 11.2 Å². The molecule has 8 aromatic rings. The van der Waals surface area contributed by atoms with Crippen LogP contribution in [0.5, 0.6) is 0 Å². The van der Waals surface area contributed by atoms with Crippen molar-refractivity contribution in [2.45, 2.75) is 5.41 Å². The molecule has 1 aromatic heterocycles. The van der Waals surface area contributed by atoms with Crippen LogP contribution >= 0.6 is 0 Å². The van der Waals surface area contributed by atoms with Crippen molar-refractivity contribution >= 4 is 50.4 Å². The summed E-state index contributed by atoms with van der Waals surface area (Å²) in [6.07, 6.45) is 0. The van der Waals surface area contributed by atoms with Gasteiger partial charge in [0.25, 0.3) is 0 Å². The summed E-state index contributed by atoms with van der Waals surface area (Å²) in [6.45, 7) is 0. The zero-order valence-corrected chi connectivity index (χ0v) is 25.9. The van der Waals surface area contributed by atoms with Gasteiger partial charge in [0.15, 0.2) is 0 Å². The number of benzene rings is 7. The molecule has 2 aliphatic rings. The maximum absolute atomic E-state index is 13.1. The van der Waals surface area contributed by atoms with Crippen LogP contribution in [0.1, 0.15) is 22.3 Å². The van der Waals surface area contributed by atoms with Crippen molar-refractivity contribution in [2.75, 3.05) is 10.2 Å². The summed E-state index contributed by atoms with van der Waals surface area (Å²) >= 11 is 0. The van der Waals surface area contributed by atoms with Crippen molar-refractivity contribution in [2.24, 2.45) is 0 Å². The maximum Gasteiger partial charge on any atom is 0.200 e. The molecule has 0 saturated carbocycles. The van der Waals surface area contributed by atoms with E-state index in [4.69, 9.17) is 4.42 Å². The quantitative estimate of drug-likeness (QED) is 0.196. The minimum atomic E-state index is -0.499. The van der Waals surface area contributed by atoms with Gasteiger partial charge in [-0.15, -0.1) is 0 Å². The third-order valence-corrected chi connectivity index (χ3v) is 10.1. The highest BCUT2D eigenvalue weighted by atomic mass is 16.3. The van der Waals surface area contributed by atoms with Gasteiger partial charge in [-0.1, -0.05) is 103 Å². The molecule has 0 atom stereocenters. The van der Waals surface area contributed by atoms with Gasteiger partial charge >= 0.3 is 0 Å². The fourth-order valence-corrected chi connectivity index (χ4v) is 8.02. The summed E-state index contributed by atoms with van der Waals surface area (Å²) in [7, 11) is 0. The maximum atomic E-state index is 13.1. The summed E-state index contributed by atoms with van der Waals surface area (Å²) in [4.78, 5) is 15.5. The van der Waals surface area contributed by atoms with Crippen LogP contribution in [0.15, 0.2) is 173 Å².